The zero-order valence-electron chi connectivity index (χ0n) is 6.89. The van der Waals surface area contributed by atoms with Gasteiger partial charge in [0, 0.05) is 0 Å². The number of rotatable bonds is 0. The Kier molecular flexibility index (Phi) is 1.58. The number of aryl methyl sites for hydroxylation is 2. The van der Waals surface area contributed by atoms with Crippen LogP contribution in [0.1, 0.15) is 11.1 Å². The molecular weight excluding hydrogens is 174 g/mol. The van der Waals surface area contributed by atoms with E-state index in [4.69, 9.17) is 16.0 Å². The van der Waals surface area contributed by atoms with Gasteiger partial charge in [0.05, 0.1) is 0 Å². The highest BCUT2D eigenvalue weighted by Gasteiger charge is 2.06. The van der Waals surface area contributed by atoms with Gasteiger partial charge in [0.25, 0.3) is 5.35 Å². The van der Waals surface area contributed by atoms with Gasteiger partial charge in [-0.3, -0.25) is 0 Å². The largest absolute Gasteiger partial charge is 0.428 e. The summed E-state index contributed by atoms with van der Waals surface area (Å²) in [6.07, 6.45) is 0. The van der Waals surface area contributed by atoms with Crippen molar-refractivity contribution in [2.75, 3.05) is 0 Å². The lowest BCUT2D eigenvalue weighted by atomic mass is 10.1. The third kappa shape index (κ3) is 0.994. The molecule has 0 radical (unpaired) electrons. The van der Waals surface area contributed by atoms with Crippen molar-refractivity contribution in [2.45, 2.75) is 13.8 Å². The van der Waals surface area contributed by atoms with E-state index in [1.807, 2.05) is 26.0 Å². The Morgan fingerprint density at radius 1 is 1.33 bits per heavy atom. The van der Waals surface area contributed by atoms with Gasteiger partial charge in [0.2, 0.25) is 0 Å². The second kappa shape index (κ2) is 2.49. The summed E-state index contributed by atoms with van der Waals surface area (Å²) in [7, 11) is 0. The van der Waals surface area contributed by atoms with E-state index < -0.39 is 0 Å². The molecule has 0 N–H and O–H groups in total. The van der Waals surface area contributed by atoms with Crippen LogP contribution in [0.5, 0.6) is 0 Å². The summed E-state index contributed by atoms with van der Waals surface area (Å²) in [6, 6.07) is 3.88. The highest BCUT2D eigenvalue weighted by Crippen LogP contribution is 2.23. The molecule has 0 amide bonds. The minimum Gasteiger partial charge on any atom is -0.428 e. The first-order valence-electron chi connectivity index (χ1n) is 3.71. The van der Waals surface area contributed by atoms with Crippen molar-refractivity contribution >= 4 is 22.7 Å². The lowest BCUT2D eigenvalue weighted by molar-refractivity contribution is 0.604. The molecule has 12 heavy (non-hydrogen) atoms. The normalized spacial score (nSPS) is 10.9. The molecule has 0 aliphatic rings. The molecule has 0 saturated carbocycles. The van der Waals surface area contributed by atoms with Gasteiger partial charge in [-0.05, 0) is 42.6 Å². The molecule has 2 aromatic rings. The van der Waals surface area contributed by atoms with Crippen molar-refractivity contribution in [1.82, 2.24) is 4.98 Å². The fraction of sp³-hybridized carbons (Fsp3) is 0.222. The molecule has 0 atom stereocenters. The molecule has 0 fully saturated rings. The topological polar surface area (TPSA) is 26.0 Å². The van der Waals surface area contributed by atoms with Crippen LogP contribution in [0.2, 0.25) is 5.35 Å². The Morgan fingerprint density at radius 3 is 2.83 bits per heavy atom. The van der Waals surface area contributed by atoms with E-state index in [2.05, 4.69) is 4.98 Å². The first-order chi connectivity index (χ1) is 5.68. The van der Waals surface area contributed by atoms with Gasteiger partial charge in [0.1, 0.15) is 5.52 Å². The number of benzene rings is 1. The maximum atomic E-state index is 5.63. The van der Waals surface area contributed by atoms with Crippen LogP contribution in [0.4, 0.5) is 0 Å². The molecular formula is C9H8ClNO. The number of hydrogen-bond donors (Lipinski definition) is 0. The average Bonchev–Trinajstić information content (AvgIpc) is 2.39. The Bertz CT molecular complexity index is 433. The molecule has 1 aromatic heterocycles. The second-order valence-electron chi connectivity index (χ2n) is 2.82. The van der Waals surface area contributed by atoms with Crippen molar-refractivity contribution in [3.05, 3.63) is 28.6 Å². The van der Waals surface area contributed by atoms with E-state index in [0.717, 1.165) is 16.7 Å². The predicted molar refractivity (Wildman–Crippen MR) is 48.5 cm³/mol. The summed E-state index contributed by atoms with van der Waals surface area (Å²) in [4.78, 5) is 4.07. The molecule has 0 saturated heterocycles. The number of hydrogen-bond acceptors (Lipinski definition) is 2. The van der Waals surface area contributed by atoms with Crippen molar-refractivity contribution in [3.63, 3.8) is 0 Å². The predicted octanol–water partition coefficient (Wildman–Crippen LogP) is 3.10. The van der Waals surface area contributed by atoms with Crippen molar-refractivity contribution in [1.29, 1.82) is 0 Å². The molecule has 2 nitrogen and oxygen atoms in total. The summed E-state index contributed by atoms with van der Waals surface area (Å²) in [6.45, 7) is 4.05. The van der Waals surface area contributed by atoms with E-state index in [0.29, 0.717) is 0 Å². The zero-order valence-corrected chi connectivity index (χ0v) is 7.64. The van der Waals surface area contributed by atoms with Gasteiger partial charge < -0.3 is 4.42 Å². The molecule has 1 heterocycles. The van der Waals surface area contributed by atoms with E-state index in [1.165, 1.54) is 5.56 Å². The summed E-state index contributed by atoms with van der Waals surface area (Å²) in [5.41, 5.74) is 3.94. The first kappa shape index (κ1) is 7.62. The fourth-order valence-corrected chi connectivity index (χ4v) is 1.37. The van der Waals surface area contributed by atoms with Crippen LogP contribution >= 0.6 is 11.6 Å². The van der Waals surface area contributed by atoms with Crippen molar-refractivity contribution in [2.24, 2.45) is 0 Å². The van der Waals surface area contributed by atoms with Gasteiger partial charge in [-0.15, -0.1) is 0 Å². The highest BCUT2D eigenvalue weighted by molar-refractivity contribution is 6.28. The molecule has 0 unspecified atom stereocenters. The van der Waals surface area contributed by atoms with E-state index >= 15 is 0 Å². The van der Waals surface area contributed by atoms with E-state index in [-0.39, 0.29) is 5.35 Å². The van der Waals surface area contributed by atoms with Gasteiger partial charge in [-0.25, -0.2) is 0 Å². The number of halogens is 1. The van der Waals surface area contributed by atoms with Crippen LogP contribution in [-0.4, -0.2) is 4.98 Å². The maximum Gasteiger partial charge on any atom is 0.293 e. The molecule has 2 rings (SSSR count). The lowest BCUT2D eigenvalue weighted by Crippen LogP contribution is -1.81. The lowest BCUT2D eigenvalue weighted by Gasteiger charge is -1.96. The molecule has 62 valence electrons. The first-order valence-corrected chi connectivity index (χ1v) is 4.08. The average molecular weight is 182 g/mol. The third-order valence-electron chi connectivity index (χ3n) is 2.06. The quantitative estimate of drug-likeness (QED) is 0.624. The molecule has 0 bridgehead atoms. The minimum absolute atomic E-state index is 0.207. The molecule has 1 aromatic carbocycles. The Labute approximate surface area is 75.2 Å². The summed E-state index contributed by atoms with van der Waals surface area (Å²) >= 11 is 5.63. The standard InChI is InChI=1S/C9H8ClNO/c1-5-3-4-7-8(6(5)2)11-9(10)12-7/h3-4H,1-2H3. The summed E-state index contributed by atoms with van der Waals surface area (Å²) in [5, 5.41) is 0.207. The van der Waals surface area contributed by atoms with E-state index in [9.17, 15) is 0 Å². The van der Waals surface area contributed by atoms with Gasteiger partial charge in [0.15, 0.2) is 5.58 Å². The SMILES string of the molecule is Cc1ccc2oc(Cl)nc2c1C. The minimum atomic E-state index is 0.207. The van der Waals surface area contributed by atoms with Crippen LogP contribution in [-0.2, 0) is 0 Å². The second-order valence-corrected chi connectivity index (χ2v) is 3.14. The zero-order chi connectivity index (χ0) is 8.72. The van der Waals surface area contributed by atoms with Crippen molar-refractivity contribution < 1.29 is 4.42 Å². The third-order valence-corrected chi connectivity index (χ3v) is 2.22. The van der Waals surface area contributed by atoms with Gasteiger partial charge >= 0.3 is 0 Å². The molecule has 0 spiro atoms. The summed E-state index contributed by atoms with van der Waals surface area (Å²) in [5.74, 6) is 0. The van der Waals surface area contributed by atoms with Crippen LogP contribution in [0.25, 0.3) is 11.1 Å². The Morgan fingerprint density at radius 2 is 2.08 bits per heavy atom. The smallest absolute Gasteiger partial charge is 0.293 e. The van der Waals surface area contributed by atoms with Crippen LogP contribution in [0.3, 0.4) is 0 Å². The number of aromatic nitrogens is 1. The van der Waals surface area contributed by atoms with Crippen molar-refractivity contribution in [3.8, 4) is 0 Å². The number of oxazole rings is 1. The molecule has 3 heteroatoms. The number of nitrogens with zero attached hydrogens (tertiary/aromatic N) is 1. The number of fused-ring (bicyclic) bond motifs is 1. The molecule has 0 aliphatic heterocycles. The van der Waals surface area contributed by atoms with E-state index in [1.54, 1.807) is 0 Å². The Hall–Kier alpha value is -1.02. The summed E-state index contributed by atoms with van der Waals surface area (Å²) < 4.78 is 5.16. The van der Waals surface area contributed by atoms with Crippen LogP contribution in [0.15, 0.2) is 16.5 Å². The Balaban J connectivity index is 2.89. The van der Waals surface area contributed by atoms with Crippen LogP contribution < -0.4 is 0 Å². The monoisotopic (exact) mass is 181 g/mol. The fourth-order valence-electron chi connectivity index (χ4n) is 1.20. The van der Waals surface area contributed by atoms with Gasteiger partial charge in [-0.1, -0.05) is 6.07 Å². The van der Waals surface area contributed by atoms with Gasteiger partial charge in [-0.2, -0.15) is 4.98 Å². The van der Waals surface area contributed by atoms with Crippen LogP contribution in [0, 0.1) is 13.8 Å². The molecule has 0 aliphatic carbocycles. The highest BCUT2D eigenvalue weighted by atomic mass is 35.5. The maximum absolute atomic E-state index is 5.63.